The van der Waals surface area contributed by atoms with E-state index in [-0.39, 0.29) is 6.03 Å². The molecule has 0 saturated heterocycles. The Morgan fingerprint density at radius 2 is 1.91 bits per heavy atom. The third kappa shape index (κ3) is 3.15. The molecule has 2 aromatic rings. The third-order valence-electron chi connectivity index (χ3n) is 3.71. The van der Waals surface area contributed by atoms with Crippen molar-refractivity contribution in [2.75, 3.05) is 42.8 Å². The Morgan fingerprint density at radius 1 is 1.13 bits per heavy atom. The molecule has 1 aliphatic heterocycles. The summed E-state index contributed by atoms with van der Waals surface area (Å²) < 4.78 is 10.4. The van der Waals surface area contributed by atoms with Crippen LogP contribution < -0.4 is 25.0 Å². The standard InChI is InChI=1S/C17H19N3O3/c1-22-13-5-3-4-12(10-13)19-17(21)20-9-8-18-15-11-14(23-2)6-7-16(15)20/h3-7,10-11,18H,8-9H2,1-2H3,(H,19,21). The normalized spacial score (nSPS) is 12.9. The lowest BCUT2D eigenvalue weighted by molar-refractivity contribution is 0.257. The zero-order valence-corrected chi connectivity index (χ0v) is 13.1. The number of nitrogens with one attached hydrogen (secondary N) is 2. The lowest BCUT2D eigenvalue weighted by atomic mass is 10.2. The highest BCUT2D eigenvalue weighted by Crippen LogP contribution is 2.33. The van der Waals surface area contributed by atoms with E-state index in [1.165, 1.54) is 0 Å². The smallest absolute Gasteiger partial charge is 0.326 e. The number of carbonyl (C=O) groups excluding carboxylic acids is 1. The van der Waals surface area contributed by atoms with Gasteiger partial charge in [0.05, 0.1) is 25.6 Å². The topological polar surface area (TPSA) is 62.8 Å². The van der Waals surface area contributed by atoms with Crippen molar-refractivity contribution in [1.82, 2.24) is 0 Å². The van der Waals surface area contributed by atoms with E-state index in [1.54, 1.807) is 25.2 Å². The maximum Gasteiger partial charge on any atom is 0.326 e. The van der Waals surface area contributed by atoms with Gasteiger partial charge in [0, 0.05) is 30.9 Å². The van der Waals surface area contributed by atoms with E-state index in [2.05, 4.69) is 10.6 Å². The van der Waals surface area contributed by atoms with Crippen molar-refractivity contribution in [2.24, 2.45) is 0 Å². The minimum atomic E-state index is -0.175. The summed E-state index contributed by atoms with van der Waals surface area (Å²) in [5.74, 6) is 1.46. The highest BCUT2D eigenvalue weighted by molar-refractivity contribution is 6.04. The summed E-state index contributed by atoms with van der Waals surface area (Å²) in [5, 5.41) is 6.19. The first-order valence-electron chi connectivity index (χ1n) is 7.36. The maximum absolute atomic E-state index is 12.6. The average molecular weight is 313 g/mol. The SMILES string of the molecule is COc1cccc(NC(=O)N2CCNc3cc(OC)ccc32)c1. The molecular weight excluding hydrogens is 294 g/mol. The highest BCUT2D eigenvalue weighted by atomic mass is 16.5. The van der Waals surface area contributed by atoms with Crippen molar-refractivity contribution < 1.29 is 14.3 Å². The molecule has 0 aliphatic carbocycles. The largest absolute Gasteiger partial charge is 0.497 e. The molecule has 3 rings (SSSR count). The van der Waals surface area contributed by atoms with Crippen LogP contribution in [0.5, 0.6) is 11.5 Å². The lowest BCUT2D eigenvalue weighted by Crippen LogP contribution is -2.41. The first-order chi connectivity index (χ1) is 11.2. The zero-order valence-electron chi connectivity index (χ0n) is 13.1. The number of rotatable bonds is 3. The van der Waals surface area contributed by atoms with Gasteiger partial charge in [0.15, 0.2) is 0 Å². The minimum absolute atomic E-state index is 0.175. The first kappa shape index (κ1) is 15.0. The van der Waals surface area contributed by atoms with Gasteiger partial charge in [0.25, 0.3) is 0 Å². The molecule has 0 aromatic heterocycles. The quantitative estimate of drug-likeness (QED) is 0.913. The molecule has 0 unspecified atom stereocenters. The van der Waals surface area contributed by atoms with Crippen molar-refractivity contribution in [1.29, 1.82) is 0 Å². The second kappa shape index (κ2) is 6.48. The Kier molecular flexibility index (Phi) is 4.23. The molecule has 6 heteroatoms. The van der Waals surface area contributed by atoms with Crippen LogP contribution in [-0.2, 0) is 0 Å². The molecule has 2 amide bonds. The number of carbonyl (C=O) groups is 1. The zero-order chi connectivity index (χ0) is 16.2. The predicted octanol–water partition coefficient (Wildman–Crippen LogP) is 3.17. The highest BCUT2D eigenvalue weighted by Gasteiger charge is 2.22. The second-order valence-electron chi connectivity index (χ2n) is 5.12. The molecule has 0 atom stereocenters. The molecule has 0 spiro atoms. The van der Waals surface area contributed by atoms with Crippen LogP contribution in [-0.4, -0.2) is 33.3 Å². The number of hydrogen-bond donors (Lipinski definition) is 2. The number of amides is 2. The number of benzene rings is 2. The van der Waals surface area contributed by atoms with Crippen LogP contribution in [0.3, 0.4) is 0 Å². The lowest BCUT2D eigenvalue weighted by Gasteiger charge is -2.30. The number of hydrogen-bond acceptors (Lipinski definition) is 4. The van der Waals surface area contributed by atoms with Gasteiger partial charge in [0.2, 0.25) is 0 Å². The van der Waals surface area contributed by atoms with E-state index in [4.69, 9.17) is 9.47 Å². The van der Waals surface area contributed by atoms with Crippen LogP contribution in [0.2, 0.25) is 0 Å². The molecule has 2 aromatic carbocycles. The summed E-state index contributed by atoms with van der Waals surface area (Å²) in [6, 6.07) is 12.7. The van der Waals surface area contributed by atoms with Crippen LogP contribution in [0.15, 0.2) is 42.5 Å². The molecule has 6 nitrogen and oxygen atoms in total. The van der Waals surface area contributed by atoms with Crippen LogP contribution in [0.4, 0.5) is 21.9 Å². The number of methoxy groups -OCH3 is 2. The minimum Gasteiger partial charge on any atom is -0.497 e. The van der Waals surface area contributed by atoms with Crippen LogP contribution in [0.1, 0.15) is 0 Å². The number of anilines is 3. The Bertz CT molecular complexity index is 718. The van der Waals surface area contributed by atoms with Crippen molar-refractivity contribution in [3.8, 4) is 11.5 Å². The van der Waals surface area contributed by atoms with Gasteiger partial charge in [-0.2, -0.15) is 0 Å². The Hall–Kier alpha value is -2.89. The molecule has 0 fully saturated rings. The molecule has 0 radical (unpaired) electrons. The van der Waals surface area contributed by atoms with Crippen LogP contribution >= 0.6 is 0 Å². The van der Waals surface area contributed by atoms with Gasteiger partial charge in [-0.05, 0) is 24.3 Å². The number of nitrogens with zero attached hydrogens (tertiary/aromatic N) is 1. The van der Waals surface area contributed by atoms with Gasteiger partial charge in [-0.1, -0.05) is 6.07 Å². The maximum atomic E-state index is 12.6. The monoisotopic (exact) mass is 313 g/mol. The fourth-order valence-corrected chi connectivity index (χ4v) is 2.54. The van der Waals surface area contributed by atoms with E-state index in [9.17, 15) is 4.79 Å². The van der Waals surface area contributed by atoms with Crippen molar-refractivity contribution in [2.45, 2.75) is 0 Å². The van der Waals surface area contributed by atoms with Gasteiger partial charge in [-0.25, -0.2) is 4.79 Å². The van der Waals surface area contributed by atoms with Crippen molar-refractivity contribution >= 4 is 23.1 Å². The average Bonchev–Trinajstić information content (AvgIpc) is 2.60. The number of ether oxygens (including phenoxy) is 2. The fourth-order valence-electron chi connectivity index (χ4n) is 2.54. The van der Waals surface area contributed by atoms with Gasteiger partial charge in [-0.3, -0.25) is 4.90 Å². The molecule has 120 valence electrons. The van der Waals surface area contributed by atoms with E-state index >= 15 is 0 Å². The summed E-state index contributed by atoms with van der Waals surface area (Å²) in [5.41, 5.74) is 2.41. The van der Waals surface area contributed by atoms with E-state index < -0.39 is 0 Å². The third-order valence-corrected chi connectivity index (χ3v) is 3.71. The molecular formula is C17H19N3O3. The molecule has 1 aliphatic rings. The summed E-state index contributed by atoms with van der Waals surface area (Å²) in [4.78, 5) is 14.3. The summed E-state index contributed by atoms with van der Waals surface area (Å²) in [7, 11) is 3.22. The van der Waals surface area contributed by atoms with Gasteiger partial charge >= 0.3 is 6.03 Å². The second-order valence-corrected chi connectivity index (χ2v) is 5.12. The van der Waals surface area contributed by atoms with Crippen LogP contribution in [0, 0.1) is 0 Å². The number of urea groups is 1. The van der Waals surface area contributed by atoms with Gasteiger partial charge < -0.3 is 20.1 Å². The van der Waals surface area contributed by atoms with Crippen molar-refractivity contribution in [3.63, 3.8) is 0 Å². The van der Waals surface area contributed by atoms with Gasteiger partial charge in [-0.15, -0.1) is 0 Å². The number of fused-ring (bicyclic) bond motifs is 1. The summed E-state index contributed by atoms with van der Waals surface area (Å²) in [6.07, 6.45) is 0. The molecule has 0 bridgehead atoms. The van der Waals surface area contributed by atoms with E-state index in [1.807, 2.05) is 36.4 Å². The van der Waals surface area contributed by atoms with E-state index in [0.29, 0.717) is 24.5 Å². The Labute approximate surface area is 135 Å². The van der Waals surface area contributed by atoms with Crippen molar-refractivity contribution in [3.05, 3.63) is 42.5 Å². The summed E-state index contributed by atoms with van der Waals surface area (Å²) in [6.45, 7) is 1.28. The Balaban J connectivity index is 1.81. The van der Waals surface area contributed by atoms with Gasteiger partial charge in [0.1, 0.15) is 11.5 Å². The molecule has 0 saturated carbocycles. The molecule has 1 heterocycles. The molecule has 2 N–H and O–H groups in total. The van der Waals surface area contributed by atoms with Crippen LogP contribution in [0.25, 0.3) is 0 Å². The first-order valence-corrected chi connectivity index (χ1v) is 7.36. The Morgan fingerprint density at radius 3 is 2.70 bits per heavy atom. The summed E-state index contributed by atoms with van der Waals surface area (Å²) >= 11 is 0. The molecule has 23 heavy (non-hydrogen) atoms. The predicted molar refractivity (Wildman–Crippen MR) is 90.8 cm³/mol. The fraction of sp³-hybridized carbons (Fsp3) is 0.235. The van der Waals surface area contributed by atoms with E-state index in [0.717, 1.165) is 17.1 Å².